The van der Waals surface area contributed by atoms with E-state index in [1.807, 2.05) is 5.38 Å². The highest BCUT2D eigenvalue weighted by Gasteiger charge is 2.19. The fourth-order valence-electron chi connectivity index (χ4n) is 3.43. The lowest BCUT2D eigenvalue weighted by molar-refractivity contribution is 0.102. The fourth-order valence-corrected chi connectivity index (χ4v) is 5.38. The highest BCUT2D eigenvalue weighted by molar-refractivity contribution is 7.89. The maximum atomic E-state index is 12.5. The van der Waals surface area contributed by atoms with E-state index in [0.717, 1.165) is 25.3 Å². The van der Waals surface area contributed by atoms with E-state index in [-0.39, 0.29) is 16.8 Å². The molecule has 2 N–H and O–H groups in total. The first-order valence-corrected chi connectivity index (χ1v) is 12.2. The van der Waals surface area contributed by atoms with Crippen LogP contribution in [0.4, 0.5) is 5.13 Å². The Hall–Kier alpha value is -1.81. The van der Waals surface area contributed by atoms with Gasteiger partial charge in [-0.15, -0.1) is 11.3 Å². The first-order chi connectivity index (χ1) is 13.7. The number of thiazole rings is 1. The summed E-state index contributed by atoms with van der Waals surface area (Å²) < 4.78 is 26.9. The quantitative estimate of drug-likeness (QED) is 0.695. The zero-order valence-electron chi connectivity index (χ0n) is 17.0. The molecule has 2 aromatic rings. The number of hydrogen-bond acceptors (Lipinski definition) is 6. The van der Waals surface area contributed by atoms with Crippen molar-refractivity contribution in [1.29, 1.82) is 0 Å². The second kappa shape index (κ2) is 9.34. The van der Waals surface area contributed by atoms with Crippen LogP contribution < -0.4 is 10.0 Å². The molecule has 1 saturated heterocycles. The number of benzene rings is 1. The lowest BCUT2D eigenvalue weighted by Gasteiger charge is -2.30. The van der Waals surface area contributed by atoms with E-state index in [1.54, 1.807) is 13.8 Å². The molecule has 7 nitrogen and oxygen atoms in total. The van der Waals surface area contributed by atoms with Crippen molar-refractivity contribution in [3.8, 4) is 0 Å². The van der Waals surface area contributed by atoms with Crippen molar-refractivity contribution in [3.63, 3.8) is 0 Å². The highest BCUT2D eigenvalue weighted by Crippen LogP contribution is 2.21. The Kier molecular flexibility index (Phi) is 7.05. The Bertz CT molecular complexity index is 939. The SMILES string of the molecule is CC1CCCN(Cc2csc(NC(=O)c3ccc(S(=O)(=O)NC(C)C)cc3)n2)C1. The van der Waals surface area contributed by atoms with Crippen LogP contribution in [-0.2, 0) is 16.6 Å². The number of aromatic nitrogens is 1. The zero-order chi connectivity index (χ0) is 21.0. The fraction of sp³-hybridized carbons (Fsp3) is 0.500. The smallest absolute Gasteiger partial charge is 0.257 e. The highest BCUT2D eigenvalue weighted by atomic mass is 32.2. The maximum absolute atomic E-state index is 12.5. The summed E-state index contributed by atoms with van der Waals surface area (Å²) in [5, 5.41) is 5.32. The average molecular weight is 437 g/mol. The minimum Gasteiger partial charge on any atom is -0.298 e. The number of amides is 1. The molecule has 0 aliphatic carbocycles. The summed E-state index contributed by atoms with van der Waals surface area (Å²) in [6.07, 6.45) is 2.50. The first-order valence-electron chi connectivity index (χ1n) is 9.83. The number of carbonyl (C=O) groups is 1. The molecule has 29 heavy (non-hydrogen) atoms. The van der Waals surface area contributed by atoms with Gasteiger partial charge in [0.1, 0.15) is 0 Å². The summed E-state index contributed by atoms with van der Waals surface area (Å²) in [5.74, 6) is 0.405. The van der Waals surface area contributed by atoms with Crippen LogP contribution in [-0.4, -0.2) is 43.3 Å². The molecule has 1 fully saturated rings. The Morgan fingerprint density at radius 1 is 1.31 bits per heavy atom. The zero-order valence-corrected chi connectivity index (χ0v) is 18.6. The molecule has 1 aromatic heterocycles. The van der Waals surface area contributed by atoms with Gasteiger partial charge in [0.05, 0.1) is 10.6 Å². The van der Waals surface area contributed by atoms with E-state index in [2.05, 4.69) is 26.8 Å². The minimum atomic E-state index is -3.57. The summed E-state index contributed by atoms with van der Waals surface area (Å²) >= 11 is 1.40. The second-order valence-electron chi connectivity index (χ2n) is 7.88. The summed E-state index contributed by atoms with van der Waals surface area (Å²) in [6.45, 7) is 8.76. The summed E-state index contributed by atoms with van der Waals surface area (Å²) in [4.78, 5) is 19.5. The molecule has 0 saturated carbocycles. The van der Waals surface area contributed by atoms with Crippen molar-refractivity contribution >= 4 is 32.4 Å². The molecule has 1 atom stereocenters. The van der Waals surface area contributed by atoms with Crippen molar-refractivity contribution in [2.75, 3.05) is 18.4 Å². The molecule has 9 heteroatoms. The van der Waals surface area contributed by atoms with Crippen molar-refractivity contribution in [2.45, 2.75) is 51.1 Å². The summed E-state index contributed by atoms with van der Waals surface area (Å²) in [6, 6.07) is 5.69. The van der Waals surface area contributed by atoms with Gasteiger partial charge in [-0.25, -0.2) is 18.1 Å². The molecule has 2 heterocycles. The number of anilines is 1. The van der Waals surface area contributed by atoms with Gasteiger partial charge in [0.2, 0.25) is 10.0 Å². The number of hydrogen-bond donors (Lipinski definition) is 2. The molecular weight excluding hydrogens is 408 g/mol. The molecule has 158 valence electrons. The van der Waals surface area contributed by atoms with Crippen molar-refractivity contribution in [1.82, 2.24) is 14.6 Å². The van der Waals surface area contributed by atoms with E-state index < -0.39 is 10.0 Å². The molecule has 1 unspecified atom stereocenters. The molecule has 1 amide bonds. The molecule has 0 spiro atoms. The largest absolute Gasteiger partial charge is 0.298 e. The number of piperidine rings is 1. The van der Waals surface area contributed by atoms with Crippen LogP contribution in [0.2, 0.25) is 0 Å². The van der Waals surface area contributed by atoms with Gasteiger partial charge in [-0.3, -0.25) is 15.0 Å². The predicted molar refractivity (Wildman–Crippen MR) is 116 cm³/mol. The van der Waals surface area contributed by atoms with Gasteiger partial charge in [-0.1, -0.05) is 6.92 Å². The van der Waals surface area contributed by atoms with E-state index in [4.69, 9.17) is 0 Å². The van der Waals surface area contributed by atoms with Crippen LogP contribution in [0.15, 0.2) is 34.5 Å². The summed E-state index contributed by atoms with van der Waals surface area (Å²) in [5.41, 5.74) is 1.34. The van der Waals surface area contributed by atoms with Gasteiger partial charge in [0.15, 0.2) is 5.13 Å². The third-order valence-electron chi connectivity index (χ3n) is 4.72. The average Bonchev–Trinajstić information content (AvgIpc) is 3.07. The standard InChI is InChI=1S/C20H28N4O3S2/c1-14(2)23-29(26,27)18-8-6-16(7-9-18)19(25)22-20-21-17(13-28-20)12-24-10-4-5-15(3)11-24/h6-9,13-15,23H,4-5,10-12H2,1-3H3,(H,21,22,25). The lowest BCUT2D eigenvalue weighted by Crippen LogP contribution is -2.33. The topological polar surface area (TPSA) is 91.4 Å². The maximum Gasteiger partial charge on any atom is 0.257 e. The van der Waals surface area contributed by atoms with Gasteiger partial charge < -0.3 is 0 Å². The van der Waals surface area contributed by atoms with Gasteiger partial charge in [-0.2, -0.15) is 0 Å². The molecule has 1 aliphatic heterocycles. The van der Waals surface area contributed by atoms with Crippen LogP contribution in [0.5, 0.6) is 0 Å². The normalized spacial score (nSPS) is 18.1. The Morgan fingerprint density at radius 2 is 2.03 bits per heavy atom. The van der Waals surface area contributed by atoms with E-state index in [1.165, 1.54) is 48.4 Å². The monoisotopic (exact) mass is 436 g/mol. The lowest BCUT2D eigenvalue weighted by atomic mass is 10.0. The number of sulfonamides is 1. The molecular formula is C20H28N4O3S2. The van der Waals surface area contributed by atoms with Crippen LogP contribution in [0.25, 0.3) is 0 Å². The Morgan fingerprint density at radius 3 is 2.69 bits per heavy atom. The van der Waals surface area contributed by atoms with E-state index in [9.17, 15) is 13.2 Å². The molecule has 3 rings (SSSR count). The third-order valence-corrected chi connectivity index (χ3v) is 7.20. The van der Waals surface area contributed by atoms with Crippen molar-refractivity contribution < 1.29 is 13.2 Å². The molecule has 0 bridgehead atoms. The van der Waals surface area contributed by atoms with Crippen LogP contribution in [0.3, 0.4) is 0 Å². The summed E-state index contributed by atoms with van der Waals surface area (Å²) in [7, 11) is -3.57. The Labute approximate surface area is 176 Å². The van der Waals surface area contributed by atoms with Gasteiger partial charge >= 0.3 is 0 Å². The van der Waals surface area contributed by atoms with Crippen molar-refractivity contribution in [3.05, 3.63) is 40.9 Å². The van der Waals surface area contributed by atoms with Gasteiger partial charge in [0, 0.05) is 30.1 Å². The van der Waals surface area contributed by atoms with Crippen LogP contribution in [0, 0.1) is 5.92 Å². The number of nitrogens with zero attached hydrogens (tertiary/aromatic N) is 2. The number of nitrogens with one attached hydrogen (secondary N) is 2. The van der Waals surface area contributed by atoms with Gasteiger partial charge in [-0.05, 0) is 63.4 Å². The van der Waals surface area contributed by atoms with Gasteiger partial charge in [0.25, 0.3) is 5.91 Å². The van der Waals surface area contributed by atoms with Crippen LogP contribution in [0.1, 0.15) is 49.7 Å². The predicted octanol–water partition coefficient (Wildman–Crippen LogP) is 3.31. The molecule has 1 aromatic carbocycles. The number of rotatable bonds is 7. The first kappa shape index (κ1) is 21.9. The second-order valence-corrected chi connectivity index (χ2v) is 10.5. The number of carbonyl (C=O) groups excluding carboxylic acids is 1. The number of likely N-dealkylation sites (tertiary alicyclic amines) is 1. The van der Waals surface area contributed by atoms with E-state index >= 15 is 0 Å². The molecule has 1 aliphatic rings. The Balaban J connectivity index is 1.60. The van der Waals surface area contributed by atoms with E-state index in [0.29, 0.717) is 16.6 Å². The van der Waals surface area contributed by atoms with Crippen molar-refractivity contribution in [2.24, 2.45) is 5.92 Å². The third kappa shape index (κ3) is 6.08. The van der Waals surface area contributed by atoms with Crippen LogP contribution >= 0.6 is 11.3 Å². The minimum absolute atomic E-state index is 0.134. The molecule has 0 radical (unpaired) electrons.